The van der Waals surface area contributed by atoms with Crippen molar-refractivity contribution in [1.29, 1.82) is 5.26 Å². The van der Waals surface area contributed by atoms with Crippen LogP contribution < -0.4 is 9.88 Å². The zero-order chi connectivity index (χ0) is 19.4. The number of ether oxygens (including phenoxy) is 1. The van der Waals surface area contributed by atoms with Gasteiger partial charge >= 0.3 is 0 Å². The lowest BCUT2D eigenvalue weighted by Crippen LogP contribution is -2.11. The van der Waals surface area contributed by atoms with Crippen LogP contribution in [-0.4, -0.2) is 30.3 Å². The molecule has 0 aliphatic carbocycles. The number of aryl methyl sites for hydroxylation is 1. The lowest BCUT2D eigenvalue weighted by atomic mass is 10.2. The molecule has 140 valence electrons. The number of hydrogen-bond donors (Lipinski definition) is 1. The monoisotopic (exact) mass is 402 g/mol. The van der Waals surface area contributed by atoms with Gasteiger partial charge in [-0.1, -0.05) is 17.8 Å². The van der Waals surface area contributed by atoms with Crippen molar-refractivity contribution in [2.45, 2.75) is 23.5 Å². The van der Waals surface area contributed by atoms with Crippen molar-refractivity contribution in [2.24, 2.45) is 5.14 Å². The van der Waals surface area contributed by atoms with Crippen LogP contribution >= 0.6 is 11.8 Å². The lowest BCUT2D eigenvalue weighted by Gasteiger charge is -2.07. The maximum atomic E-state index is 11.5. The van der Waals surface area contributed by atoms with Crippen molar-refractivity contribution < 1.29 is 13.2 Å². The summed E-state index contributed by atoms with van der Waals surface area (Å²) in [7, 11) is -3.76. The number of nitriles is 1. The number of nitrogens with zero attached hydrogens (tertiary/aromatic N) is 3. The van der Waals surface area contributed by atoms with Gasteiger partial charge in [-0.25, -0.2) is 18.5 Å². The molecule has 0 fully saturated rings. The van der Waals surface area contributed by atoms with Crippen molar-refractivity contribution in [3.05, 3.63) is 48.0 Å². The van der Waals surface area contributed by atoms with Crippen molar-refractivity contribution >= 4 is 32.8 Å². The Morgan fingerprint density at radius 1 is 1.30 bits per heavy atom. The highest BCUT2D eigenvalue weighted by atomic mass is 32.2. The average molecular weight is 403 g/mol. The standard InChI is InChI=1S/C18H18N4O3S2/c1-2-22-17-7-6-15(27(20,23)24)11-16(17)21-18(22)26-9-8-25-14-5-3-4-13(10-14)12-19/h3-7,10-11H,2,8-9H2,1H3,(H2,20,23,24). The Morgan fingerprint density at radius 2 is 2.11 bits per heavy atom. The molecule has 0 atom stereocenters. The molecule has 1 heterocycles. The highest BCUT2D eigenvalue weighted by molar-refractivity contribution is 7.99. The van der Waals surface area contributed by atoms with Crippen LogP contribution in [-0.2, 0) is 16.6 Å². The average Bonchev–Trinajstić information content (AvgIpc) is 3.01. The Morgan fingerprint density at radius 3 is 2.81 bits per heavy atom. The van der Waals surface area contributed by atoms with E-state index in [0.29, 0.717) is 35.7 Å². The fourth-order valence-corrected chi connectivity index (χ4v) is 4.06. The van der Waals surface area contributed by atoms with Crippen LogP contribution in [0.2, 0.25) is 0 Å². The van der Waals surface area contributed by atoms with Crippen molar-refractivity contribution in [3.63, 3.8) is 0 Å². The van der Waals surface area contributed by atoms with E-state index < -0.39 is 10.0 Å². The molecule has 2 N–H and O–H groups in total. The van der Waals surface area contributed by atoms with E-state index in [4.69, 9.17) is 15.1 Å². The van der Waals surface area contributed by atoms with Crippen LogP contribution in [0.1, 0.15) is 12.5 Å². The third kappa shape index (κ3) is 4.42. The van der Waals surface area contributed by atoms with Crippen LogP contribution in [0.5, 0.6) is 5.75 Å². The van der Waals surface area contributed by atoms with Gasteiger partial charge in [0.05, 0.1) is 34.2 Å². The van der Waals surface area contributed by atoms with Gasteiger partial charge in [-0.2, -0.15) is 5.26 Å². The van der Waals surface area contributed by atoms with Crippen LogP contribution in [0.15, 0.2) is 52.5 Å². The van der Waals surface area contributed by atoms with Crippen LogP contribution in [0, 0.1) is 11.3 Å². The highest BCUT2D eigenvalue weighted by Gasteiger charge is 2.14. The van der Waals surface area contributed by atoms with Gasteiger partial charge in [0.2, 0.25) is 10.0 Å². The molecule has 9 heteroatoms. The Bertz CT molecular complexity index is 1120. The molecule has 0 bridgehead atoms. The number of sulfonamides is 1. The molecule has 0 unspecified atom stereocenters. The highest BCUT2D eigenvalue weighted by Crippen LogP contribution is 2.26. The summed E-state index contributed by atoms with van der Waals surface area (Å²) in [6.45, 7) is 3.16. The van der Waals surface area contributed by atoms with Gasteiger partial charge in [0.25, 0.3) is 0 Å². The Hall–Kier alpha value is -2.54. The molecule has 2 aromatic carbocycles. The molecule has 0 radical (unpaired) electrons. The minimum absolute atomic E-state index is 0.0491. The molecule has 7 nitrogen and oxygen atoms in total. The minimum Gasteiger partial charge on any atom is -0.493 e. The smallest absolute Gasteiger partial charge is 0.238 e. The van der Waals surface area contributed by atoms with E-state index in [-0.39, 0.29) is 4.90 Å². The summed E-state index contributed by atoms with van der Waals surface area (Å²) in [6, 6.07) is 13.8. The molecule has 1 aromatic heterocycles. The van der Waals surface area contributed by atoms with Gasteiger partial charge in [0.15, 0.2) is 5.16 Å². The number of aromatic nitrogens is 2. The van der Waals surface area contributed by atoms with Gasteiger partial charge < -0.3 is 9.30 Å². The van der Waals surface area contributed by atoms with E-state index in [9.17, 15) is 8.42 Å². The molecule has 0 saturated heterocycles. The van der Waals surface area contributed by atoms with Gasteiger partial charge in [-0.15, -0.1) is 0 Å². The number of rotatable bonds is 7. The number of fused-ring (bicyclic) bond motifs is 1. The second-order valence-corrected chi connectivity index (χ2v) is 8.29. The minimum atomic E-state index is -3.76. The molecular weight excluding hydrogens is 384 g/mol. The molecule has 0 aliphatic heterocycles. The molecule has 27 heavy (non-hydrogen) atoms. The lowest BCUT2D eigenvalue weighted by molar-refractivity contribution is 0.343. The van der Waals surface area contributed by atoms with Gasteiger partial charge in [0.1, 0.15) is 5.75 Å². The van der Waals surface area contributed by atoms with E-state index in [1.165, 1.54) is 23.9 Å². The molecule has 0 spiro atoms. The third-order valence-corrected chi connectivity index (χ3v) is 5.73. The zero-order valence-electron chi connectivity index (χ0n) is 14.6. The number of imidazole rings is 1. The first-order chi connectivity index (χ1) is 12.9. The number of benzene rings is 2. The molecular formula is C18H18N4O3S2. The number of nitrogens with two attached hydrogens (primary N) is 1. The fourth-order valence-electron chi connectivity index (χ4n) is 2.63. The second kappa shape index (κ2) is 8.00. The van der Waals surface area contributed by atoms with Crippen molar-refractivity contribution in [2.75, 3.05) is 12.4 Å². The first-order valence-corrected chi connectivity index (χ1v) is 10.7. The SMILES string of the molecule is CCn1c(SCCOc2cccc(C#N)c2)nc2cc(S(N)(=O)=O)ccc21. The fraction of sp³-hybridized carbons (Fsp3) is 0.222. The maximum Gasteiger partial charge on any atom is 0.238 e. The Kier molecular flexibility index (Phi) is 5.70. The predicted molar refractivity (Wildman–Crippen MR) is 104 cm³/mol. The number of thioether (sulfide) groups is 1. The summed E-state index contributed by atoms with van der Waals surface area (Å²) in [5, 5.41) is 14.9. The first kappa shape index (κ1) is 19.2. The quantitative estimate of drug-likeness (QED) is 0.480. The van der Waals surface area contributed by atoms with Crippen LogP contribution in [0.25, 0.3) is 11.0 Å². The summed E-state index contributed by atoms with van der Waals surface area (Å²) in [4.78, 5) is 4.59. The van der Waals surface area contributed by atoms with Crippen molar-refractivity contribution in [1.82, 2.24) is 9.55 Å². The van der Waals surface area contributed by atoms with Gasteiger partial charge in [-0.05, 0) is 43.3 Å². The molecule has 3 aromatic rings. The Balaban J connectivity index is 1.71. The Labute approximate surface area is 161 Å². The zero-order valence-corrected chi connectivity index (χ0v) is 16.3. The summed E-state index contributed by atoms with van der Waals surface area (Å²) in [6.07, 6.45) is 0. The molecule has 3 rings (SSSR count). The largest absolute Gasteiger partial charge is 0.493 e. The van der Waals surface area contributed by atoms with Crippen LogP contribution in [0.4, 0.5) is 0 Å². The second-order valence-electron chi connectivity index (χ2n) is 5.67. The number of primary sulfonamides is 1. The van der Waals surface area contributed by atoms with Crippen molar-refractivity contribution in [3.8, 4) is 11.8 Å². The molecule has 0 saturated carbocycles. The molecule has 0 aliphatic rings. The summed E-state index contributed by atoms with van der Waals surface area (Å²) in [5.74, 6) is 1.30. The van der Waals surface area contributed by atoms with Gasteiger partial charge in [-0.3, -0.25) is 0 Å². The predicted octanol–water partition coefficient (Wildman–Crippen LogP) is 2.75. The van der Waals surface area contributed by atoms with E-state index in [1.54, 1.807) is 24.3 Å². The van der Waals surface area contributed by atoms with Gasteiger partial charge in [0, 0.05) is 12.3 Å². The van der Waals surface area contributed by atoms with E-state index in [0.717, 1.165) is 10.7 Å². The summed E-state index contributed by atoms with van der Waals surface area (Å²) >= 11 is 1.52. The topological polar surface area (TPSA) is 111 Å². The normalized spacial score (nSPS) is 11.4. The summed E-state index contributed by atoms with van der Waals surface area (Å²) in [5.41, 5.74) is 2.00. The molecule has 0 amide bonds. The first-order valence-electron chi connectivity index (χ1n) is 8.21. The van der Waals surface area contributed by atoms with Crippen LogP contribution in [0.3, 0.4) is 0 Å². The van der Waals surface area contributed by atoms with E-state index >= 15 is 0 Å². The maximum absolute atomic E-state index is 11.5. The van der Waals surface area contributed by atoms with E-state index in [2.05, 4.69) is 11.1 Å². The number of hydrogen-bond acceptors (Lipinski definition) is 6. The van der Waals surface area contributed by atoms with E-state index in [1.807, 2.05) is 17.6 Å². The third-order valence-electron chi connectivity index (χ3n) is 3.88. The summed E-state index contributed by atoms with van der Waals surface area (Å²) < 4.78 is 30.8.